The molecule has 1 N–H and O–H groups in total. The Labute approximate surface area is 219 Å². The molecule has 190 valence electrons. The zero-order valence-electron chi connectivity index (χ0n) is 20.9. The molecule has 0 aromatic heterocycles. The Morgan fingerprint density at radius 1 is 1.03 bits per heavy atom. The zero-order valence-corrected chi connectivity index (χ0v) is 22.4. The molecular formula is C28H36Cl2N2O3. The number of ether oxygens (including phenoxy) is 1. The van der Waals surface area contributed by atoms with Crippen LogP contribution in [-0.4, -0.2) is 35.4 Å². The molecule has 2 aromatic carbocycles. The van der Waals surface area contributed by atoms with Gasteiger partial charge in [-0.3, -0.25) is 9.59 Å². The maximum absolute atomic E-state index is 13.4. The lowest BCUT2D eigenvalue weighted by Gasteiger charge is -2.32. The molecule has 7 heteroatoms. The summed E-state index contributed by atoms with van der Waals surface area (Å²) < 4.78 is 5.82. The number of benzene rings is 2. The van der Waals surface area contributed by atoms with E-state index in [1.54, 1.807) is 17.0 Å². The van der Waals surface area contributed by atoms with Crippen LogP contribution in [-0.2, 0) is 16.1 Å². The first-order valence-corrected chi connectivity index (χ1v) is 13.3. The van der Waals surface area contributed by atoms with Crippen molar-refractivity contribution in [3.05, 3.63) is 63.6 Å². The van der Waals surface area contributed by atoms with Gasteiger partial charge in [-0.15, -0.1) is 0 Å². The number of carbonyl (C=O) groups is 2. The van der Waals surface area contributed by atoms with E-state index < -0.39 is 6.04 Å². The summed E-state index contributed by atoms with van der Waals surface area (Å²) >= 11 is 12.3. The van der Waals surface area contributed by atoms with Crippen molar-refractivity contribution in [2.24, 2.45) is 0 Å². The van der Waals surface area contributed by atoms with E-state index in [9.17, 15) is 9.59 Å². The van der Waals surface area contributed by atoms with Gasteiger partial charge in [-0.1, -0.05) is 81.4 Å². The van der Waals surface area contributed by atoms with Gasteiger partial charge in [0.2, 0.25) is 5.91 Å². The number of hydrogen-bond donors (Lipinski definition) is 1. The predicted molar refractivity (Wildman–Crippen MR) is 142 cm³/mol. The summed E-state index contributed by atoms with van der Waals surface area (Å²) in [5.41, 5.74) is 2.01. The van der Waals surface area contributed by atoms with Crippen molar-refractivity contribution in [1.29, 1.82) is 0 Å². The maximum atomic E-state index is 13.4. The summed E-state index contributed by atoms with van der Waals surface area (Å²) in [5.74, 6) is 0.668. The van der Waals surface area contributed by atoms with Gasteiger partial charge >= 0.3 is 0 Å². The Hall–Kier alpha value is -2.24. The predicted octanol–water partition coefficient (Wildman–Crippen LogP) is 6.75. The van der Waals surface area contributed by atoms with E-state index in [1.165, 1.54) is 12.0 Å². The lowest BCUT2D eigenvalue weighted by molar-refractivity contribution is -0.143. The fourth-order valence-electron chi connectivity index (χ4n) is 4.48. The fourth-order valence-corrected chi connectivity index (χ4v) is 4.80. The Morgan fingerprint density at radius 2 is 1.71 bits per heavy atom. The first kappa shape index (κ1) is 27.3. The van der Waals surface area contributed by atoms with Crippen molar-refractivity contribution in [2.45, 2.75) is 83.8 Å². The van der Waals surface area contributed by atoms with Crippen molar-refractivity contribution >= 4 is 35.0 Å². The average molecular weight is 520 g/mol. The van der Waals surface area contributed by atoms with Crippen molar-refractivity contribution in [3.63, 3.8) is 0 Å². The first-order chi connectivity index (χ1) is 16.8. The molecule has 35 heavy (non-hydrogen) atoms. The van der Waals surface area contributed by atoms with Gasteiger partial charge in [-0.25, -0.2) is 0 Å². The Bertz CT molecular complexity index is 988. The second-order valence-electron chi connectivity index (χ2n) is 9.55. The zero-order chi connectivity index (χ0) is 25.4. The molecule has 2 amide bonds. The Morgan fingerprint density at radius 3 is 2.31 bits per heavy atom. The number of rotatable bonds is 10. The lowest BCUT2D eigenvalue weighted by atomic mass is 9.95. The molecule has 0 saturated heterocycles. The minimum atomic E-state index is -0.606. The van der Waals surface area contributed by atoms with Gasteiger partial charge in [0.15, 0.2) is 6.61 Å². The van der Waals surface area contributed by atoms with E-state index >= 15 is 0 Å². The van der Waals surface area contributed by atoms with Gasteiger partial charge in [-0.2, -0.15) is 0 Å². The van der Waals surface area contributed by atoms with Crippen molar-refractivity contribution in [1.82, 2.24) is 10.2 Å². The molecule has 1 aliphatic carbocycles. The van der Waals surface area contributed by atoms with Crippen LogP contribution in [0.1, 0.15) is 76.3 Å². The van der Waals surface area contributed by atoms with E-state index in [1.807, 2.05) is 37.3 Å². The molecule has 1 saturated carbocycles. The van der Waals surface area contributed by atoms with Crippen LogP contribution < -0.4 is 10.1 Å². The van der Waals surface area contributed by atoms with E-state index in [0.717, 1.165) is 31.2 Å². The number of nitrogens with zero attached hydrogens (tertiary/aromatic N) is 1. The molecule has 3 rings (SSSR count). The standard InChI is InChI=1S/C28H36Cl2N2O3/c1-4-26(28(34)31-22-8-6-5-7-9-22)32(17-20-10-15-24(29)25(30)16-20)27(33)18-35-23-13-11-21(12-14-23)19(2)3/h10-16,19,22,26H,4-9,17-18H2,1-3H3,(H,31,34)/t26-/m0/s1. The molecule has 0 aliphatic heterocycles. The second kappa shape index (κ2) is 13.2. The Balaban J connectivity index is 1.76. The molecule has 1 fully saturated rings. The van der Waals surface area contributed by atoms with E-state index in [-0.39, 0.29) is 31.0 Å². The molecule has 0 unspecified atom stereocenters. The van der Waals surface area contributed by atoms with Gasteiger partial charge in [0, 0.05) is 12.6 Å². The minimum Gasteiger partial charge on any atom is -0.484 e. The van der Waals surface area contributed by atoms with E-state index in [4.69, 9.17) is 27.9 Å². The maximum Gasteiger partial charge on any atom is 0.261 e. The number of halogens is 2. The van der Waals surface area contributed by atoms with Crippen LogP contribution in [0.5, 0.6) is 5.75 Å². The normalized spacial score (nSPS) is 15.0. The number of hydrogen-bond acceptors (Lipinski definition) is 3. The molecule has 0 spiro atoms. The van der Waals surface area contributed by atoms with Crippen LogP contribution in [0.4, 0.5) is 0 Å². The first-order valence-electron chi connectivity index (χ1n) is 12.5. The topological polar surface area (TPSA) is 58.6 Å². The smallest absolute Gasteiger partial charge is 0.261 e. The highest BCUT2D eigenvalue weighted by Gasteiger charge is 2.30. The SMILES string of the molecule is CC[C@@H](C(=O)NC1CCCCC1)N(Cc1ccc(Cl)c(Cl)c1)C(=O)COc1ccc(C(C)C)cc1. The van der Waals surface area contributed by atoms with Crippen LogP contribution >= 0.6 is 23.2 Å². The second-order valence-corrected chi connectivity index (χ2v) is 10.4. The van der Waals surface area contributed by atoms with Crippen molar-refractivity contribution in [2.75, 3.05) is 6.61 Å². The molecule has 0 bridgehead atoms. The highest BCUT2D eigenvalue weighted by atomic mass is 35.5. The van der Waals surface area contributed by atoms with E-state index in [0.29, 0.717) is 28.1 Å². The van der Waals surface area contributed by atoms with E-state index in [2.05, 4.69) is 19.2 Å². The van der Waals surface area contributed by atoms with Crippen LogP contribution in [0.15, 0.2) is 42.5 Å². The van der Waals surface area contributed by atoms with Gasteiger partial charge in [0.1, 0.15) is 11.8 Å². The summed E-state index contributed by atoms with van der Waals surface area (Å²) in [7, 11) is 0. The number of nitrogens with one attached hydrogen (secondary N) is 1. The quantitative estimate of drug-likeness (QED) is 0.378. The van der Waals surface area contributed by atoms with Crippen molar-refractivity contribution < 1.29 is 14.3 Å². The molecule has 1 aliphatic rings. The minimum absolute atomic E-state index is 0.117. The third-order valence-corrected chi connectivity index (χ3v) is 7.32. The van der Waals surface area contributed by atoms with Crippen LogP contribution in [0.3, 0.4) is 0 Å². The summed E-state index contributed by atoms with van der Waals surface area (Å²) in [6.45, 7) is 6.26. The highest BCUT2D eigenvalue weighted by Crippen LogP contribution is 2.25. The van der Waals surface area contributed by atoms with Crippen LogP contribution in [0, 0.1) is 0 Å². The summed E-state index contributed by atoms with van der Waals surface area (Å²) in [6, 6.07) is 12.6. The summed E-state index contributed by atoms with van der Waals surface area (Å²) in [4.78, 5) is 28.3. The third kappa shape index (κ3) is 7.88. The highest BCUT2D eigenvalue weighted by molar-refractivity contribution is 6.42. The third-order valence-electron chi connectivity index (χ3n) is 6.58. The van der Waals surface area contributed by atoms with Gasteiger partial charge in [0.05, 0.1) is 10.0 Å². The fraction of sp³-hybridized carbons (Fsp3) is 0.500. The number of carbonyl (C=O) groups excluding carboxylic acids is 2. The molecule has 5 nitrogen and oxygen atoms in total. The lowest BCUT2D eigenvalue weighted by Crippen LogP contribution is -2.52. The van der Waals surface area contributed by atoms with Crippen LogP contribution in [0.2, 0.25) is 10.0 Å². The van der Waals surface area contributed by atoms with Gasteiger partial charge < -0.3 is 15.0 Å². The molecule has 2 aromatic rings. The monoisotopic (exact) mass is 518 g/mol. The van der Waals surface area contributed by atoms with Crippen molar-refractivity contribution in [3.8, 4) is 5.75 Å². The molecule has 0 heterocycles. The Kier molecular flexibility index (Phi) is 10.3. The van der Waals surface area contributed by atoms with Gasteiger partial charge in [0.25, 0.3) is 5.91 Å². The summed E-state index contributed by atoms with van der Waals surface area (Å²) in [5, 5.41) is 4.04. The largest absolute Gasteiger partial charge is 0.484 e. The molecule has 0 radical (unpaired) electrons. The van der Waals surface area contributed by atoms with Crippen LogP contribution in [0.25, 0.3) is 0 Å². The molecule has 1 atom stereocenters. The molecular weight excluding hydrogens is 483 g/mol. The average Bonchev–Trinajstić information content (AvgIpc) is 2.85. The van der Waals surface area contributed by atoms with Gasteiger partial charge in [-0.05, 0) is 60.6 Å². The number of amides is 2. The summed E-state index contributed by atoms with van der Waals surface area (Å²) in [6.07, 6.45) is 5.92.